The molecular formula is C20H26N2O5S2. The maximum absolute atomic E-state index is 12.8. The first-order valence-electron chi connectivity index (χ1n) is 8.97. The first-order chi connectivity index (χ1) is 13.3. The van der Waals surface area contributed by atoms with Crippen LogP contribution in [0.3, 0.4) is 0 Å². The molecule has 0 aliphatic carbocycles. The van der Waals surface area contributed by atoms with Gasteiger partial charge in [0.1, 0.15) is 6.04 Å². The van der Waals surface area contributed by atoms with E-state index < -0.39 is 37.9 Å². The molecule has 0 aromatic heterocycles. The highest BCUT2D eigenvalue weighted by molar-refractivity contribution is 7.92. The molecule has 0 saturated carbocycles. The maximum atomic E-state index is 12.8. The van der Waals surface area contributed by atoms with Gasteiger partial charge in [-0.2, -0.15) is 0 Å². The molecule has 0 spiro atoms. The van der Waals surface area contributed by atoms with Crippen molar-refractivity contribution in [1.82, 2.24) is 5.32 Å². The van der Waals surface area contributed by atoms with Crippen molar-refractivity contribution in [2.24, 2.45) is 0 Å². The number of hydrogen-bond donors (Lipinski definition) is 1. The van der Waals surface area contributed by atoms with E-state index in [1.165, 1.54) is 19.1 Å². The highest BCUT2D eigenvalue weighted by Gasteiger charge is 2.30. The van der Waals surface area contributed by atoms with E-state index in [9.17, 15) is 21.6 Å². The number of aryl methyl sites for hydroxylation is 1. The molecule has 0 aliphatic heterocycles. The Balaban J connectivity index is 2.23. The van der Waals surface area contributed by atoms with E-state index in [-0.39, 0.29) is 4.90 Å². The molecule has 2 rings (SSSR count). The van der Waals surface area contributed by atoms with Gasteiger partial charge in [0.05, 0.1) is 22.9 Å². The largest absolute Gasteiger partial charge is 0.348 e. The predicted molar refractivity (Wildman–Crippen MR) is 114 cm³/mol. The Morgan fingerprint density at radius 2 is 1.55 bits per heavy atom. The van der Waals surface area contributed by atoms with Crippen molar-refractivity contribution >= 4 is 31.5 Å². The molecule has 0 fully saturated rings. The van der Waals surface area contributed by atoms with Crippen LogP contribution in [-0.4, -0.2) is 41.3 Å². The zero-order valence-corrected chi connectivity index (χ0v) is 18.7. The molecule has 2 aromatic carbocycles. The smallest absolute Gasteiger partial charge is 0.244 e. The van der Waals surface area contributed by atoms with Crippen LogP contribution in [0.2, 0.25) is 0 Å². The summed E-state index contributed by atoms with van der Waals surface area (Å²) >= 11 is 0. The highest BCUT2D eigenvalue weighted by atomic mass is 32.2. The van der Waals surface area contributed by atoms with E-state index >= 15 is 0 Å². The third-order valence-electron chi connectivity index (χ3n) is 4.51. The maximum Gasteiger partial charge on any atom is 0.244 e. The zero-order chi connectivity index (χ0) is 22.0. The number of amides is 1. The Bertz CT molecular complexity index is 1090. The summed E-state index contributed by atoms with van der Waals surface area (Å²) in [6.07, 6.45) is 2.19. The Labute approximate surface area is 172 Å². The molecule has 0 heterocycles. The second-order valence-corrected chi connectivity index (χ2v) is 11.0. The summed E-state index contributed by atoms with van der Waals surface area (Å²) < 4.78 is 49.0. The van der Waals surface area contributed by atoms with Gasteiger partial charge in [0.2, 0.25) is 15.9 Å². The summed E-state index contributed by atoms with van der Waals surface area (Å²) in [6, 6.07) is 11.7. The van der Waals surface area contributed by atoms with Crippen LogP contribution in [0.1, 0.15) is 31.0 Å². The Hall–Kier alpha value is -2.39. The molecule has 9 heteroatoms. The van der Waals surface area contributed by atoms with E-state index in [1.54, 1.807) is 37.3 Å². The van der Waals surface area contributed by atoms with Crippen molar-refractivity contribution in [1.29, 1.82) is 0 Å². The van der Waals surface area contributed by atoms with Gasteiger partial charge in [-0.25, -0.2) is 16.8 Å². The van der Waals surface area contributed by atoms with Crippen LogP contribution in [0.25, 0.3) is 0 Å². The molecule has 0 unspecified atom stereocenters. The summed E-state index contributed by atoms with van der Waals surface area (Å²) in [7, 11) is -7.00. The summed E-state index contributed by atoms with van der Waals surface area (Å²) in [5.74, 6) is -0.461. The molecule has 7 nitrogen and oxygen atoms in total. The number of anilines is 1. The van der Waals surface area contributed by atoms with E-state index in [0.29, 0.717) is 11.3 Å². The fourth-order valence-corrected chi connectivity index (χ4v) is 4.79. The lowest BCUT2D eigenvalue weighted by molar-refractivity contribution is -0.122. The summed E-state index contributed by atoms with van der Waals surface area (Å²) in [6.45, 7) is 5.12. The third kappa shape index (κ3) is 5.80. The number of carbonyl (C=O) groups is 1. The Morgan fingerprint density at radius 1 is 0.966 bits per heavy atom. The SMILES string of the molecule is Cc1cccc(N([C@@H](C)C(=O)N[C@H](C)c2ccc(S(C)(=O)=O)cc2)S(C)(=O)=O)c1. The van der Waals surface area contributed by atoms with Gasteiger partial charge >= 0.3 is 0 Å². The number of carbonyl (C=O) groups excluding carboxylic acids is 1. The molecule has 0 aliphatic rings. The number of hydrogen-bond acceptors (Lipinski definition) is 5. The van der Waals surface area contributed by atoms with Crippen molar-refractivity contribution in [3.8, 4) is 0 Å². The number of nitrogens with one attached hydrogen (secondary N) is 1. The highest BCUT2D eigenvalue weighted by Crippen LogP contribution is 2.23. The lowest BCUT2D eigenvalue weighted by Crippen LogP contribution is -2.48. The van der Waals surface area contributed by atoms with Crippen LogP contribution < -0.4 is 9.62 Å². The molecule has 0 saturated heterocycles. The second kappa shape index (κ2) is 8.54. The summed E-state index contributed by atoms with van der Waals surface area (Å²) in [4.78, 5) is 13.0. The van der Waals surface area contributed by atoms with Gasteiger partial charge in [-0.05, 0) is 56.2 Å². The van der Waals surface area contributed by atoms with Crippen LogP contribution in [0.4, 0.5) is 5.69 Å². The third-order valence-corrected chi connectivity index (χ3v) is 6.88. The van der Waals surface area contributed by atoms with E-state index in [1.807, 2.05) is 13.0 Å². The Kier molecular flexibility index (Phi) is 6.74. The van der Waals surface area contributed by atoms with Crippen LogP contribution in [-0.2, 0) is 24.7 Å². The Morgan fingerprint density at radius 3 is 2.03 bits per heavy atom. The van der Waals surface area contributed by atoms with Crippen molar-refractivity contribution < 1.29 is 21.6 Å². The van der Waals surface area contributed by atoms with Gasteiger partial charge in [-0.15, -0.1) is 0 Å². The lowest BCUT2D eigenvalue weighted by atomic mass is 10.1. The number of nitrogens with zero attached hydrogens (tertiary/aromatic N) is 1. The minimum absolute atomic E-state index is 0.191. The van der Waals surface area contributed by atoms with Crippen molar-refractivity contribution in [2.45, 2.75) is 37.8 Å². The second-order valence-electron chi connectivity index (χ2n) is 7.15. The number of sulfone groups is 1. The molecule has 29 heavy (non-hydrogen) atoms. The molecule has 1 amide bonds. The molecule has 0 bridgehead atoms. The topological polar surface area (TPSA) is 101 Å². The fraction of sp³-hybridized carbons (Fsp3) is 0.350. The van der Waals surface area contributed by atoms with Gasteiger partial charge in [0.15, 0.2) is 9.84 Å². The average Bonchev–Trinajstić information content (AvgIpc) is 2.60. The van der Waals surface area contributed by atoms with Crippen LogP contribution in [0, 0.1) is 6.92 Å². The average molecular weight is 439 g/mol. The fourth-order valence-electron chi connectivity index (χ4n) is 2.99. The van der Waals surface area contributed by atoms with E-state index in [2.05, 4.69) is 5.32 Å². The van der Waals surface area contributed by atoms with Crippen LogP contribution in [0.5, 0.6) is 0 Å². The van der Waals surface area contributed by atoms with Gasteiger partial charge in [0.25, 0.3) is 0 Å². The van der Waals surface area contributed by atoms with Crippen molar-refractivity contribution in [3.63, 3.8) is 0 Å². The van der Waals surface area contributed by atoms with Gasteiger partial charge in [-0.3, -0.25) is 9.10 Å². The molecule has 2 aromatic rings. The van der Waals surface area contributed by atoms with Crippen molar-refractivity contribution in [2.75, 3.05) is 16.8 Å². The van der Waals surface area contributed by atoms with Crippen LogP contribution >= 0.6 is 0 Å². The number of rotatable bonds is 7. The molecule has 1 N–H and O–H groups in total. The van der Waals surface area contributed by atoms with Gasteiger partial charge < -0.3 is 5.32 Å². The quantitative estimate of drug-likeness (QED) is 0.716. The standard InChI is InChI=1S/C20H26N2O5S2/c1-14-7-6-8-18(13-14)22(29(5,26)27)16(3)20(23)21-15(2)17-9-11-19(12-10-17)28(4,24)25/h6-13,15-16H,1-5H3,(H,21,23)/t15-,16+/m1/s1. The molecule has 0 radical (unpaired) electrons. The summed E-state index contributed by atoms with van der Waals surface area (Å²) in [5.41, 5.74) is 2.00. The normalized spacial score (nSPS) is 14.1. The molecule has 158 valence electrons. The lowest BCUT2D eigenvalue weighted by Gasteiger charge is -2.29. The monoisotopic (exact) mass is 438 g/mol. The van der Waals surface area contributed by atoms with Gasteiger partial charge in [0, 0.05) is 6.26 Å². The number of sulfonamides is 1. The number of benzene rings is 2. The first kappa shape index (κ1) is 22.9. The minimum Gasteiger partial charge on any atom is -0.348 e. The van der Waals surface area contributed by atoms with Gasteiger partial charge in [-0.1, -0.05) is 24.3 Å². The predicted octanol–water partition coefficient (Wildman–Crippen LogP) is 2.43. The van der Waals surface area contributed by atoms with Crippen LogP contribution in [0.15, 0.2) is 53.4 Å². The molecular weight excluding hydrogens is 412 g/mol. The summed E-state index contributed by atoms with van der Waals surface area (Å²) in [5, 5.41) is 2.80. The molecule has 2 atom stereocenters. The minimum atomic E-state index is -3.70. The first-order valence-corrected chi connectivity index (χ1v) is 12.7. The zero-order valence-electron chi connectivity index (χ0n) is 17.1. The van der Waals surface area contributed by atoms with Crippen molar-refractivity contribution in [3.05, 3.63) is 59.7 Å². The van der Waals surface area contributed by atoms with E-state index in [0.717, 1.165) is 22.4 Å². The van der Waals surface area contributed by atoms with E-state index in [4.69, 9.17) is 0 Å².